The maximum absolute atomic E-state index is 5.70. The lowest BCUT2D eigenvalue weighted by Crippen LogP contribution is -2.30. The van der Waals surface area contributed by atoms with E-state index in [2.05, 4.69) is 41.6 Å². The zero-order chi connectivity index (χ0) is 13.9. The standard InChI is InChI=1S/C14H26N4O/c1-5-9-15-10(2)12-17-18-13(19-12)16-11-7-6-8-14(11,3)4/h10-11,15H,5-9H2,1-4H3,(H,16,18). The third-order valence-corrected chi connectivity index (χ3v) is 4.07. The van der Waals surface area contributed by atoms with Crippen LogP contribution in [0, 0.1) is 5.41 Å². The molecule has 1 fully saturated rings. The van der Waals surface area contributed by atoms with Gasteiger partial charge in [-0.3, -0.25) is 0 Å². The first-order valence-corrected chi connectivity index (χ1v) is 7.36. The molecule has 1 aliphatic rings. The van der Waals surface area contributed by atoms with E-state index >= 15 is 0 Å². The van der Waals surface area contributed by atoms with Crippen LogP contribution in [-0.4, -0.2) is 22.8 Å². The van der Waals surface area contributed by atoms with Crippen molar-refractivity contribution in [1.29, 1.82) is 0 Å². The normalized spacial score (nSPS) is 23.5. The molecule has 2 rings (SSSR count). The van der Waals surface area contributed by atoms with Crippen LogP contribution in [0.15, 0.2) is 4.42 Å². The van der Waals surface area contributed by atoms with Gasteiger partial charge in [0, 0.05) is 6.04 Å². The van der Waals surface area contributed by atoms with E-state index in [0.717, 1.165) is 13.0 Å². The van der Waals surface area contributed by atoms with Crippen LogP contribution in [0.25, 0.3) is 0 Å². The third-order valence-electron chi connectivity index (χ3n) is 4.07. The van der Waals surface area contributed by atoms with Crippen molar-refractivity contribution < 1.29 is 4.42 Å². The summed E-state index contributed by atoms with van der Waals surface area (Å²) in [4.78, 5) is 0. The van der Waals surface area contributed by atoms with Crippen LogP contribution in [0.5, 0.6) is 0 Å². The molecule has 1 saturated carbocycles. The highest BCUT2D eigenvalue weighted by Gasteiger charge is 2.35. The molecule has 5 heteroatoms. The van der Waals surface area contributed by atoms with Crippen molar-refractivity contribution in [3.05, 3.63) is 5.89 Å². The Morgan fingerprint density at radius 3 is 2.84 bits per heavy atom. The molecule has 1 heterocycles. The molecule has 0 saturated heterocycles. The summed E-state index contributed by atoms with van der Waals surface area (Å²) in [5.41, 5.74) is 0.306. The van der Waals surface area contributed by atoms with Gasteiger partial charge in [0.2, 0.25) is 5.89 Å². The second-order valence-electron chi connectivity index (χ2n) is 6.20. The number of rotatable bonds is 6. The summed E-state index contributed by atoms with van der Waals surface area (Å²) in [6.45, 7) is 9.73. The van der Waals surface area contributed by atoms with Crippen LogP contribution in [0.4, 0.5) is 6.01 Å². The van der Waals surface area contributed by atoms with Gasteiger partial charge in [0.05, 0.1) is 6.04 Å². The van der Waals surface area contributed by atoms with Crippen molar-refractivity contribution in [2.24, 2.45) is 5.41 Å². The maximum Gasteiger partial charge on any atom is 0.315 e. The molecule has 0 bridgehead atoms. The summed E-state index contributed by atoms with van der Waals surface area (Å²) < 4.78 is 5.70. The molecule has 2 atom stereocenters. The molecule has 0 radical (unpaired) electrons. The number of hydrogen-bond acceptors (Lipinski definition) is 5. The molecule has 0 aliphatic heterocycles. The first-order chi connectivity index (χ1) is 9.03. The van der Waals surface area contributed by atoms with Gasteiger partial charge in [-0.1, -0.05) is 32.3 Å². The van der Waals surface area contributed by atoms with E-state index in [9.17, 15) is 0 Å². The predicted octanol–water partition coefficient (Wildman–Crippen LogP) is 3.12. The molecule has 0 amide bonds. The number of anilines is 1. The molecule has 19 heavy (non-hydrogen) atoms. The zero-order valence-electron chi connectivity index (χ0n) is 12.5. The van der Waals surface area contributed by atoms with Crippen LogP contribution in [0.2, 0.25) is 0 Å². The first kappa shape index (κ1) is 14.3. The van der Waals surface area contributed by atoms with Gasteiger partial charge in [-0.15, -0.1) is 5.10 Å². The number of nitrogens with zero attached hydrogens (tertiary/aromatic N) is 2. The second-order valence-corrected chi connectivity index (χ2v) is 6.20. The fourth-order valence-electron chi connectivity index (χ4n) is 2.66. The molecule has 2 unspecified atom stereocenters. The summed E-state index contributed by atoms with van der Waals surface area (Å²) in [5, 5.41) is 15.0. The minimum absolute atomic E-state index is 0.111. The highest BCUT2D eigenvalue weighted by molar-refractivity contribution is 5.22. The monoisotopic (exact) mass is 266 g/mol. The van der Waals surface area contributed by atoms with Crippen LogP contribution in [-0.2, 0) is 0 Å². The van der Waals surface area contributed by atoms with Gasteiger partial charge < -0.3 is 15.1 Å². The predicted molar refractivity (Wildman–Crippen MR) is 76.0 cm³/mol. The van der Waals surface area contributed by atoms with Gasteiger partial charge in [-0.25, -0.2) is 0 Å². The minimum atomic E-state index is 0.111. The SMILES string of the molecule is CCCNC(C)c1nnc(NC2CCCC2(C)C)o1. The molecule has 108 valence electrons. The van der Waals surface area contributed by atoms with E-state index < -0.39 is 0 Å². The smallest absolute Gasteiger partial charge is 0.315 e. The molecule has 0 spiro atoms. The van der Waals surface area contributed by atoms with Gasteiger partial charge in [-0.05, 0) is 38.1 Å². The van der Waals surface area contributed by atoms with Gasteiger partial charge in [0.1, 0.15) is 0 Å². The summed E-state index contributed by atoms with van der Waals surface area (Å²) in [6.07, 6.45) is 4.79. The lowest BCUT2D eigenvalue weighted by Gasteiger charge is -2.26. The Labute approximate surface area is 115 Å². The summed E-state index contributed by atoms with van der Waals surface area (Å²) >= 11 is 0. The Hall–Kier alpha value is -1.10. The molecule has 1 aliphatic carbocycles. The quantitative estimate of drug-likeness (QED) is 0.828. The summed E-state index contributed by atoms with van der Waals surface area (Å²) in [7, 11) is 0. The lowest BCUT2D eigenvalue weighted by atomic mass is 9.87. The van der Waals surface area contributed by atoms with E-state index in [0.29, 0.717) is 23.4 Å². The lowest BCUT2D eigenvalue weighted by molar-refractivity contribution is 0.341. The topological polar surface area (TPSA) is 63.0 Å². The van der Waals surface area contributed by atoms with Crippen molar-refractivity contribution in [2.75, 3.05) is 11.9 Å². The second kappa shape index (κ2) is 5.90. The molecule has 1 aromatic heterocycles. The van der Waals surface area contributed by atoms with Crippen molar-refractivity contribution in [1.82, 2.24) is 15.5 Å². The van der Waals surface area contributed by atoms with Crippen LogP contribution in [0.1, 0.15) is 65.3 Å². The Balaban J connectivity index is 1.94. The minimum Gasteiger partial charge on any atom is -0.406 e. The fourth-order valence-corrected chi connectivity index (χ4v) is 2.66. The van der Waals surface area contributed by atoms with Crippen molar-refractivity contribution >= 4 is 6.01 Å². The fraction of sp³-hybridized carbons (Fsp3) is 0.857. The van der Waals surface area contributed by atoms with Gasteiger partial charge in [0.25, 0.3) is 0 Å². The van der Waals surface area contributed by atoms with Crippen molar-refractivity contribution in [3.63, 3.8) is 0 Å². The Bertz CT molecular complexity index is 402. The Kier molecular flexibility index (Phi) is 4.45. The van der Waals surface area contributed by atoms with E-state index in [4.69, 9.17) is 4.42 Å². The molecule has 1 aromatic rings. The number of hydrogen-bond donors (Lipinski definition) is 2. The van der Waals surface area contributed by atoms with E-state index in [1.807, 2.05) is 6.92 Å². The Morgan fingerprint density at radius 2 is 2.21 bits per heavy atom. The molecule has 2 N–H and O–H groups in total. The first-order valence-electron chi connectivity index (χ1n) is 7.36. The molecular formula is C14H26N4O. The maximum atomic E-state index is 5.70. The van der Waals surface area contributed by atoms with Crippen molar-refractivity contribution in [2.45, 2.75) is 65.5 Å². The molecule has 0 aromatic carbocycles. The highest BCUT2D eigenvalue weighted by Crippen LogP contribution is 2.38. The summed E-state index contributed by atoms with van der Waals surface area (Å²) in [5.74, 6) is 0.659. The van der Waals surface area contributed by atoms with Crippen molar-refractivity contribution in [3.8, 4) is 0 Å². The molecule has 5 nitrogen and oxygen atoms in total. The van der Waals surface area contributed by atoms with Gasteiger partial charge >= 0.3 is 6.01 Å². The molecular weight excluding hydrogens is 240 g/mol. The van der Waals surface area contributed by atoms with Crippen LogP contribution < -0.4 is 10.6 Å². The van der Waals surface area contributed by atoms with Gasteiger partial charge in [0.15, 0.2) is 0 Å². The van der Waals surface area contributed by atoms with E-state index in [1.165, 1.54) is 19.3 Å². The number of nitrogens with one attached hydrogen (secondary N) is 2. The average Bonchev–Trinajstić information content (AvgIpc) is 2.95. The average molecular weight is 266 g/mol. The highest BCUT2D eigenvalue weighted by atomic mass is 16.4. The van der Waals surface area contributed by atoms with E-state index in [1.54, 1.807) is 0 Å². The van der Waals surface area contributed by atoms with Crippen LogP contribution >= 0.6 is 0 Å². The van der Waals surface area contributed by atoms with Gasteiger partial charge in [-0.2, -0.15) is 0 Å². The summed E-state index contributed by atoms with van der Waals surface area (Å²) in [6, 6.07) is 1.10. The largest absolute Gasteiger partial charge is 0.406 e. The van der Waals surface area contributed by atoms with Crippen LogP contribution in [0.3, 0.4) is 0 Å². The zero-order valence-corrected chi connectivity index (χ0v) is 12.5. The third kappa shape index (κ3) is 3.47. The number of aromatic nitrogens is 2. The Morgan fingerprint density at radius 1 is 1.42 bits per heavy atom. The van der Waals surface area contributed by atoms with E-state index in [-0.39, 0.29) is 6.04 Å².